The molecule has 9 heavy (non-hydrogen) atoms. The first-order valence-corrected chi connectivity index (χ1v) is 4.04. The van der Waals surface area contributed by atoms with Gasteiger partial charge in [0.2, 0.25) is 0 Å². The predicted octanol–water partition coefficient (Wildman–Crippen LogP) is -0.540. The molecule has 0 aliphatic heterocycles. The van der Waals surface area contributed by atoms with Gasteiger partial charge in [-0.15, -0.1) is 0 Å². The fourth-order valence-corrected chi connectivity index (χ4v) is 0.531. The van der Waals surface area contributed by atoms with Crippen LogP contribution in [-0.2, 0) is 19.4 Å². The number of hydrogen-bond donors (Lipinski definition) is 2. The van der Waals surface area contributed by atoms with Gasteiger partial charge >= 0.3 is 65.1 Å². The molecule has 0 aromatic heterocycles. The van der Waals surface area contributed by atoms with Gasteiger partial charge in [0.15, 0.2) is 0 Å². The Morgan fingerprint density at radius 3 is 2.44 bits per heavy atom. The molecule has 0 amide bonds. The van der Waals surface area contributed by atoms with Gasteiger partial charge in [0.1, 0.15) is 0 Å². The van der Waals surface area contributed by atoms with Crippen LogP contribution in [0, 0.1) is 0 Å². The van der Waals surface area contributed by atoms with Crippen LogP contribution in [0.3, 0.4) is 0 Å². The summed E-state index contributed by atoms with van der Waals surface area (Å²) in [6, 6.07) is 0. The minimum absolute atomic E-state index is 0.313. The van der Waals surface area contributed by atoms with Gasteiger partial charge in [0.05, 0.1) is 0 Å². The third-order valence-electron chi connectivity index (χ3n) is 0.721. The van der Waals surface area contributed by atoms with E-state index in [1.165, 1.54) is 19.4 Å². The van der Waals surface area contributed by atoms with Crippen molar-refractivity contribution in [3.05, 3.63) is 24.2 Å². The zero-order valence-electron chi connectivity index (χ0n) is 4.82. The average molecular weight is 294 g/mol. The van der Waals surface area contributed by atoms with E-state index in [1.807, 2.05) is 4.40 Å². The fraction of sp³-hybridized carbons (Fsp3) is 0. The van der Waals surface area contributed by atoms with E-state index in [-0.39, 0.29) is 0 Å². The molecular weight excluding hydrogens is 287 g/mol. The Bertz CT molecular complexity index is 142. The Morgan fingerprint density at radius 1 is 1.56 bits per heavy atom. The number of allylic oxidation sites excluding steroid dienone is 3. The number of rotatable bonds is 3. The van der Waals surface area contributed by atoms with Crippen LogP contribution < -0.4 is 0 Å². The van der Waals surface area contributed by atoms with Gasteiger partial charge in [0.25, 0.3) is 0 Å². The molecule has 0 unspecified atom stereocenters. The first-order chi connectivity index (χ1) is 4.18. The molecular formula is C5H7BO2W. The van der Waals surface area contributed by atoms with Crippen molar-refractivity contribution in [2.75, 3.05) is 0 Å². The predicted molar refractivity (Wildman–Crippen MR) is 34.5 cm³/mol. The topological polar surface area (TPSA) is 40.5 Å². The van der Waals surface area contributed by atoms with Crippen molar-refractivity contribution < 1.29 is 29.4 Å². The average Bonchev–Trinajstić information content (AvgIpc) is 1.82. The quantitative estimate of drug-likeness (QED) is 0.542. The second kappa shape index (κ2) is 4.86. The van der Waals surface area contributed by atoms with Crippen LogP contribution in [0.2, 0.25) is 0 Å². The van der Waals surface area contributed by atoms with Crippen molar-refractivity contribution in [1.82, 2.24) is 0 Å². The van der Waals surface area contributed by atoms with Crippen LogP contribution in [-0.4, -0.2) is 21.6 Å². The molecule has 0 radical (unpaired) electrons. The van der Waals surface area contributed by atoms with Crippen molar-refractivity contribution >= 4 is 11.5 Å². The molecule has 0 spiro atoms. The summed E-state index contributed by atoms with van der Waals surface area (Å²) in [5.74, 6) is 0. The van der Waals surface area contributed by atoms with Crippen LogP contribution in [0.25, 0.3) is 0 Å². The van der Waals surface area contributed by atoms with E-state index >= 15 is 0 Å². The Balaban J connectivity index is 3.76. The monoisotopic (exact) mass is 294 g/mol. The summed E-state index contributed by atoms with van der Waals surface area (Å²) in [4.78, 5) is 0. The van der Waals surface area contributed by atoms with Gasteiger partial charge in [-0.2, -0.15) is 0 Å². The summed E-state index contributed by atoms with van der Waals surface area (Å²) < 4.78 is 1.87. The van der Waals surface area contributed by atoms with E-state index in [0.29, 0.717) is 5.47 Å². The second-order valence-electron chi connectivity index (χ2n) is 1.44. The summed E-state index contributed by atoms with van der Waals surface area (Å²) in [5, 5.41) is 16.9. The number of hydrogen-bond acceptors (Lipinski definition) is 2. The molecule has 0 bridgehead atoms. The maximum absolute atomic E-state index is 8.45. The molecule has 0 atom stereocenters. The summed E-state index contributed by atoms with van der Waals surface area (Å²) in [5.41, 5.74) is 0.313. The molecule has 2 N–H and O–H groups in total. The van der Waals surface area contributed by atoms with Gasteiger partial charge < -0.3 is 0 Å². The molecule has 0 aliphatic carbocycles. The van der Waals surface area contributed by atoms with Gasteiger partial charge in [0, 0.05) is 0 Å². The first-order valence-electron chi connectivity index (χ1n) is 2.35. The Kier molecular flexibility index (Phi) is 4.87. The van der Waals surface area contributed by atoms with Crippen molar-refractivity contribution in [1.29, 1.82) is 0 Å². The molecule has 0 aromatic carbocycles. The Morgan fingerprint density at radius 2 is 2.11 bits per heavy atom. The SMILES string of the molecule is C=C(/C=C\[CH]=[W])B(O)O. The van der Waals surface area contributed by atoms with Crippen molar-refractivity contribution in [2.24, 2.45) is 0 Å². The zero-order chi connectivity index (χ0) is 7.28. The second-order valence-corrected chi connectivity index (χ2v) is 2.42. The zero-order valence-corrected chi connectivity index (χ0v) is 7.75. The molecule has 0 saturated heterocycles. The van der Waals surface area contributed by atoms with Gasteiger partial charge in [-0.3, -0.25) is 0 Å². The van der Waals surface area contributed by atoms with Gasteiger partial charge in [-0.25, -0.2) is 0 Å². The fourth-order valence-electron chi connectivity index (χ4n) is 0.249. The van der Waals surface area contributed by atoms with Crippen molar-refractivity contribution in [3.63, 3.8) is 0 Å². The standard InChI is InChI=1S/C5H7BO2.W/c1-3-4-5(2)6(7)8;/h1,3-4,7-8H,2H2;/b4-3-;. The van der Waals surface area contributed by atoms with E-state index in [0.717, 1.165) is 0 Å². The molecule has 0 aliphatic rings. The molecule has 0 fully saturated rings. The third-order valence-corrected chi connectivity index (χ3v) is 1.29. The van der Waals surface area contributed by atoms with Gasteiger partial charge in [-0.1, -0.05) is 0 Å². The van der Waals surface area contributed by atoms with E-state index in [4.69, 9.17) is 10.0 Å². The molecule has 2 nitrogen and oxygen atoms in total. The first kappa shape index (κ1) is 9.02. The minimum atomic E-state index is -1.42. The van der Waals surface area contributed by atoms with Crippen LogP contribution in [0.5, 0.6) is 0 Å². The van der Waals surface area contributed by atoms with E-state index < -0.39 is 7.12 Å². The summed E-state index contributed by atoms with van der Waals surface area (Å²) >= 11 is 1.32. The maximum atomic E-state index is 8.45. The summed E-state index contributed by atoms with van der Waals surface area (Å²) in [6.07, 6.45) is 3.30. The van der Waals surface area contributed by atoms with Gasteiger partial charge in [-0.05, 0) is 0 Å². The Labute approximate surface area is 65.5 Å². The van der Waals surface area contributed by atoms with Crippen LogP contribution in [0.4, 0.5) is 0 Å². The normalized spacial score (nSPS) is 9.56. The third kappa shape index (κ3) is 4.52. The van der Waals surface area contributed by atoms with Crippen molar-refractivity contribution in [2.45, 2.75) is 0 Å². The van der Waals surface area contributed by atoms with E-state index in [9.17, 15) is 0 Å². The summed E-state index contributed by atoms with van der Waals surface area (Å²) in [6.45, 7) is 3.39. The molecule has 0 saturated carbocycles. The van der Waals surface area contributed by atoms with Crippen LogP contribution >= 0.6 is 0 Å². The summed E-state index contributed by atoms with van der Waals surface area (Å²) in [7, 11) is -1.42. The molecule has 0 aromatic rings. The molecule has 0 heterocycles. The molecule has 0 rings (SSSR count). The van der Waals surface area contributed by atoms with Crippen LogP contribution in [0.15, 0.2) is 24.2 Å². The molecule has 4 heteroatoms. The Hall–Kier alpha value is 0.0232. The van der Waals surface area contributed by atoms with E-state index in [2.05, 4.69) is 6.58 Å². The van der Waals surface area contributed by atoms with Crippen LogP contribution in [0.1, 0.15) is 0 Å². The van der Waals surface area contributed by atoms with Crippen molar-refractivity contribution in [3.8, 4) is 0 Å². The van der Waals surface area contributed by atoms with E-state index in [1.54, 1.807) is 12.2 Å². The molecule has 48 valence electrons.